The van der Waals surface area contributed by atoms with Crippen LogP contribution < -0.4 is 0 Å². The van der Waals surface area contributed by atoms with Crippen molar-refractivity contribution in [1.82, 2.24) is 15.1 Å². The van der Waals surface area contributed by atoms with Gasteiger partial charge in [-0.25, -0.2) is 18.0 Å². The summed E-state index contributed by atoms with van der Waals surface area (Å²) < 4.78 is 46.1. The van der Waals surface area contributed by atoms with E-state index in [1.807, 2.05) is 48.2 Å². The number of carboxylic acids is 1. The van der Waals surface area contributed by atoms with E-state index in [4.69, 9.17) is 5.11 Å². The van der Waals surface area contributed by atoms with Gasteiger partial charge in [-0.05, 0) is 85.4 Å². The van der Waals surface area contributed by atoms with E-state index < -0.39 is 29.3 Å². The number of aliphatic carboxylic acids is 1. The van der Waals surface area contributed by atoms with Crippen molar-refractivity contribution in [3.63, 3.8) is 0 Å². The number of aromatic amines is 1. The zero-order valence-corrected chi connectivity index (χ0v) is 21.3. The van der Waals surface area contributed by atoms with E-state index in [0.717, 1.165) is 51.9 Å². The van der Waals surface area contributed by atoms with Crippen molar-refractivity contribution in [3.05, 3.63) is 94.7 Å². The molecule has 0 bridgehead atoms. The molecule has 0 amide bonds. The van der Waals surface area contributed by atoms with Crippen LogP contribution in [0.3, 0.4) is 0 Å². The lowest BCUT2D eigenvalue weighted by atomic mass is 9.82. The average molecular weight is 520 g/mol. The van der Waals surface area contributed by atoms with Gasteiger partial charge in [0.15, 0.2) is 0 Å². The third-order valence-electron chi connectivity index (χ3n) is 6.98. The molecule has 38 heavy (non-hydrogen) atoms. The molecule has 5 nitrogen and oxygen atoms in total. The molecule has 8 heteroatoms. The highest BCUT2D eigenvalue weighted by Crippen LogP contribution is 2.42. The number of carboxylic acid groups (broad SMARTS) is 1. The summed E-state index contributed by atoms with van der Waals surface area (Å²) in [6.45, 7) is 4.82. The Morgan fingerprint density at radius 1 is 1.13 bits per heavy atom. The molecule has 2 N–H and O–H groups in total. The summed E-state index contributed by atoms with van der Waals surface area (Å²) in [6, 6.07) is 13.0. The Morgan fingerprint density at radius 2 is 1.82 bits per heavy atom. The fourth-order valence-corrected chi connectivity index (χ4v) is 5.35. The molecule has 1 aliphatic rings. The number of alkyl halides is 1. The molecule has 0 saturated carbocycles. The number of H-pyrrole nitrogens is 1. The summed E-state index contributed by atoms with van der Waals surface area (Å²) in [5.74, 6) is -2.84. The summed E-state index contributed by atoms with van der Waals surface area (Å²) in [5, 5.41) is 16.9. The summed E-state index contributed by atoms with van der Waals surface area (Å²) in [4.78, 5) is 12.7. The molecule has 1 aliphatic heterocycles. The van der Waals surface area contributed by atoms with Crippen LogP contribution in [0, 0.1) is 11.6 Å². The number of carbonyl (C=O) groups is 1. The van der Waals surface area contributed by atoms with Crippen molar-refractivity contribution in [1.29, 1.82) is 0 Å². The van der Waals surface area contributed by atoms with Gasteiger partial charge in [-0.15, -0.1) is 0 Å². The minimum Gasteiger partial charge on any atom is -0.478 e. The fourth-order valence-electron chi connectivity index (χ4n) is 5.35. The average Bonchev–Trinajstić information content (AvgIpc) is 3.31. The van der Waals surface area contributed by atoms with Gasteiger partial charge in [0.1, 0.15) is 17.3 Å². The first kappa shape index (κ1) is 25.7. The zero-order chi connectivity index (χ0) is 27.2. The van der Waals surface area contributed by atoms with Crippen LogP contribution in [0.1, 0.15) is 49.1 Å². The molecule has 1 aromatic heterocycles. The van der Waals surface area contributed by atoms with Gasteiger partial charge >= 0.3 is 5.97 Å². The zero-order valence-electron chi connectivity index (χ0n) is 21.3. The highest BCUT2D eigenvalue weighted by Gasteiger charge is 2.39. The number of fused-ring (bicyclic) bond motifs is 2. The van der Waals surface area contributed by atoms with Crippen LogP contribution in [0.5, 0.6) is 0 Å². The van der Waals surface area contributed by atoms with E-state index in [0.29, 0.717) is 12.0 Å². The lowest BCUT2D eigenvalue weighted by Gasteiger charge is -2.44. The SMILES string of the molecule is C[C@@H]1Cc2cc(-c3ccc4[nH]ncc4c3)ccc2[C@@H](c2c(F)cc(/C=C/C(=O)O)cc2F)N1CC(C)(C)F. The van der Waals surface area contributed by atoms with E-state index in [2.05, 4.69) is 10.2 Å². The number of halogens is 3. The fraction of sp³-hybridized carbons (Fsp3) is 0.267. The Balaban J connectivity index is 1.63. The molecule has 0 unspecified atom stereocenters. The molecule has 5 rings (SSSR count). The second-order valence-corrected chi connectivity index (χ2v) is 10.5. The number of hydrogen-bond donors (Lipinski definition) is 2. The lowest BCUT2D eigenvalue weighted by molar-refractivity contribution is -0.131. The van der Waals surface area contributed by atoms with E-state index in [-0.39, 0.29) is 23.7 Å². The highest BCUT2D eigenvalue weighted by molar-refractivity contribution is 5.85. The monoisotopic (exact) mass is 519 g/mol. The van der Waals surface area contributed by atoms with Gasteiger partial charge in [0.25, 0.3) is 0 Å². The minimum atomic E-state index is -1.60. The van der Waals surface area contributed by atoms with E-state index in [9.17, 15) is 9.18 Å². The summed E-state index contributed by atoms with van der Waals surface area (Å²) in [7, 11) is 0. The van der Waals surface area contributed by atoms with Gasteiger partial charge in [-0.2, -0.15) is 5.10 Å². The van der Waals surface area contributed by atoms with Gasteiger partial charge in [0.05, 0.1) is 17.8 Å². The normalized spacial score (nSPS) is 18.3. The van der Waals surface area contributed by atoms with Crippen LogP contribution in [-0.4, -0.2) is 44.4 Å². The number of nitrogens with one attached hydrogen (secondary N) is 1. The van der Waals surface area contributed by atoms with Crippen LogP contribution >= 0.6 is 0 Å². The summed E-state index contributed by atoms with van der Waals surface area (Å²) >= 11 is 0. The molecule has 0 spiro atoms. The molecular formula is C30H28F3N3O2. The van der Waals surface area contributed by atoms with Gasteiger partial charge in [0.2, 0.25) is 0 Å². The maximum absolute atomic E-state index is 15.6. The number of hydrogen-bond acceptors (Lipinski definition) is 3. The summed E-state index contributed by atoms with van der Waals surface area (Å²) in [5.41, 5.74) is 2.86. The van der Waals surface area contributed by atoms with Gasteiger partial charge in [0, 0.05) is 29.6 Å². The standard InChI is InChI=1S/C30H28F3N3O2/c1-17-10-21-13-19(20-6-8-26-22(14-20)15-34-35-26)5-7-23(21)29(36(17)16-30(2,3)33)28-24(31)11-18(12-25(28)32)4-9-27(37)38/h4-9,11-15,17,29H,10,16H2,1-3H3,(H,34,35)(H,37,38)/b9-4+/t17-,29+/m1/s1. The maximum Gasteiger partial charge on any atom is 0.328 e. The predicted octanol–water partition coefficient (Wildman–Crippen LogP) is 6.69. The van der Waals surface area contributed by atoms with E-state index >= 15 is 8.78 Å². The van der Waals surface area contributed by atoms with Crippen LogP contribution in [0.2, 0.25) is 0 Å². The molecular weight excluding hydrogens is 491 g/mol. The Morgan fingerprint density at radius 3 is 2.50 bits per heavy atom. The molecule has 0 aliphatic carbocycles. The van der Waals surface area contributed by atoms with Gasteiger partial charge < -0.3 is 5.11 Å². The molecule has 196 valence electrons. The van der Waals surface area contributed by atoms with Crippen molar-refractivity contribution in [3.8, 4) is 11.1 Å². The Kier molecular flexibility index (Phi) is 6.61. The molecule has 2 heterocycles. The van der Waals surface area contributed by atoms with Crippen molar-refractivity contribution in [2.45, 2.75) is 44.9 Å². The van der Waals surface area contributed by atoms with Crippen molar-refractivity contribution in [2.75, 3.05) is 6.54 Å². The van der Waals surface area contributed by atoms with Crippen LogP contribution in [0.15, 0.2) is 60.8 Å². The van der Waals surface area contributed by atoms with Crippen LogP contribution in [-0.2, 0) is 11.2 Å². The minimum absolute atomic E-state index is 0.0171. The first-order valence-corrected chi connectivity index (χ1v) is 12.4. The van der Waals surface area contributed by atoms with Gasteiger partial charge in [-0.1, -0.05) is 24.3 Å². The molecule has 0 fully saturated rings. The molecule has 0 saturated heterocycles. The first-order valence-electron chi connectivity index (χ1n) is 12.4. The molecule has 2 atom stereocenters. The first-order chi connectivity index (χ1) is 18.0. The third kappa shape index (κ3) is 5.09. The van der Waals surface area contributed by atoms with Crippen molar-refractivity contribution in [2.24, 2.45) is 0 Å². The van der Waals surface area contributed by atoms with E-state index in [1.54, 1.807) is 6.20 Å². The Bertz CT molecular complexity index is 1530. The van der Waals surface area contributed by atoms with Crippen LogP contribution in [0.25, 0.3) is 28.1 Å². The topological polar surface area (TPSA) is 69.2 Å². The van der Waals surface area contributed by atoms with Gasteiger partial charge in [-0.3, -0.25) is 10.00 Å². The highest BCUT2D eigenvalue weighted by atomic mass is 19.1. The number of nitrogens with zero attached hydrogens (tertiary/aromatic N) is 2. The summed E-state index contributed by atoms with van der Waals surface area (Å²) in [6.07, 6.45) is 4.31. The molecule has 3 aromatic carbocycles. The largest absolute Gasteiger partial charge is 0.478 e. The smallest absolute Gasteiger partial charge is 0.328 e. The second kappa shape index (κ2) is 9.76. The van der Waals surface area contributed by atoms with Crippen molar-refractivity contribution < 1.29 is 23.1 Å². The Labute approximate surface area is 218 Å². The second-order valence-electron chi connectivity index (χ2n) is 10.5. The number of aromatic nitrogens is 2. The number of benzene rings is 3. The quantitative estimate of drug-likeness (QED) is 0.279. The van der Waals surface area contributed by atoms with Crippen molar-refractivity contribution >= 4 is 22.9 Å². The molecule has 4 aromatic rings. The van der Waals surface area contributed by atoms with Crippen LogP contribution in [0.4, 0.5) is 13.2 Å². The molecule has 0 radical (unpaired) electrons. The lowest BCUT2D eigenvalue weighted by Crippen LogP contribution is -2.48. The number of rotatable bonds is 6. The van der Waals surface area contributed by atoms with E-state index in [1.165, 1.54) is 13.8 Å². The third-order valence-corrected chi connectivity index (χ3v) is 6.98. The predicted molar refractivity (Wildman–Crippen MR) is 141 cm³/mol. The maximum atomic E-state index is 15.6. The Hall–Kier alpha value is -3.91.